The maximum atomic E-state index is 12.4. The molecule has 0 saturated carbocycles. The molecule has 20 heavy (non-hydrogen) atoms. The standard InChI is InChI=1S/C16H23NO3/c1-12-8-9-17(11-16(12)20-3)10-14(18)13-6-4-5-7-15(13)19-2/h4-7,12,16H,8-11H2,1-3H3. The van der Waals surface area contributed by atoms with Crippen molar-refractivity contribution < 1.29 is 14.3 Å². The molecule has 1 heterocycles. The topological polar surface area (TPSA) is 38.8 Å². The van der Waals surface area contributed by atoms with Crippen molar-refractivity contribution in [2.24, 2.45) is 5.92 Å². The lowest BCUT2D eigenvalue weighted by molar-refractivity contribution is -0.00326. The monoisotopic (exact) mass is 277 g/mol. The first-order valence-corrected chi connectivity index (χ1v) is 7.07. The van der Waals surface area contributed by atoms with Crippen molar-refractivity contribution in [1.82, 2.24) is 4.90 Å². The van der Waals surface area contributed by atoms with E-state index >= 15 is 0 Å². The van der Waals surface area contributed by atoms with Gasteiger partial charge in [0.05, 0.1) is 25.3 Å². The van der Waals surface area contributed by atoms with E-state index in [1.54, 1.807) is 14.2 Å². The molecule has 2 atom stereocenters. The molecule has 4 nitrogen and oxygen atoms in total. The highest BCUT2D eigenvalue weighted by Crippen LogP contribution is 2.22. The van der Waals surface area contributed by atoms with Crippen LogP contribution in [-0.4, -0.2) is 50.6 Å². The first-order valence-electron chi connectivity index (χ1n) is 7.07. The minimum atomic E-state index is 0.104. The van der Waals surface area contributed by atoms with Gasteiger partial charge in [0.15, 0.2) is 5.78 Å². The molecule has 1 fully saturated rings. The number of benzene rings is 1. The third-order valence-electron chi connectivity index (χ3n) is 4.05. The van der Waals surface area contributed by atoms with Gasteiger partial charge in [0.25, 0.3) is 0 Å². The van der Waals surface area contributed by atoms with Crippen LogP contribution in [-0.2, 0) is 4.74 Å². The van der Waals surface area contributed by atoms with Crippen LogP contribution in [0.3, 0.4) is 0 Å². The molecule has 0 radical (unpaired) electrons. The number of ketones is 1. The van der Waals surface area contributed by atoms with E-state index in [9.17, 15) is 4.79 Å². The van der Waals surface area contributed by atoms with Crippen molar-refractivity contribution >= 4 is 5.78 Å². The van der Waals surface area contributed by atoms with E-state index in [2.05, 4.69) is 11.8 Å². The van der Waals surface area contributed by atoms with Gasteiger partial charge in [-0.05, 0) is 31.0 Å². The highest BCUT2D eigenvalue weighted by atomic mass is 16.5. The Kier molecular flexibility index (Phi) is 5.15. The molecule has 2 unspecified atom stereocenters. The van der Waals surface area contributed by atoms with Gasteiger partial charge in [0.2, 0.25) is 0 Å². The normalized spacial score (nSPS) is 23.6. The molecule has 4 heteroatoms. The minimum absolute atomic E-state index is 0.104. The van der Waals surface area contributed by atoms with Gasteiger partial charge in [-0.15, -0.1) is 0 Å². The zero-order valence-electron chi connectivity index (χ0n) is 12.5. The van der Waals surface area contributed by atoms with Gasteiger partial charge in [-0.25, -0.2) is 0 Å². The molecule has 1 saturated heterocycles. The second-order valence-electron chi connectivity index (χ2n) is 5.40. The third-order valence-corrected chi connectivity index (χ3v) is 4.05. The Balaban J connectivity index is 2.01. The average molecular weight is 277 g/mol. The summed E-state index contributed by atoms with van der Waals surface area (Å²) in [6.07, 6.45) is 1.28. The van der Waals surface area contributed by atoms with Crippen LogP contribution in [0.4, 0.5) is 0 Å². The Morgan fingerprint density at radius 1 is 1.35 bits per heavy atom. The molecule has 1 aromatic carbocycles. The number of hydrogen-bond donors (Lipinski definition) is 0. The van der Waals surface area contributed by atoms with Crippen molar-refractivity contribution in [2.75, 3.05) is 33.9 Å². The van der Waals surface area contributed by atoms with Crippen molar-refractivity contribution in [3.05, 3.63) is 29.8 Å². The summed E-state index contributed by atoms with van der Waals surface area (Å²) in [5, 5.41) is 0. The molecule has 2 rings (SSSR count). The summed E-state index contributed by atoms with van der Waals surface area (Å²) in [4.78, 5) is 14.6. The maximum absolute atomic E-state index is 12.4. The summed E-state index contributed by atoms with van der Waals surface area (Å²) in [5.74, 6) is 1.30. The molecule has 0 aliphatic carbocycles. The zero-order valence-corrected chi connectivity index (χ0v) is 12.5. The van der Waals surface area contributed by atoms with E-state index in [0.717, 1.165) is 19.5 Å². The summed E-state index contributed by atoms with van der Waals surface area (Å²) < 4.78 is 10.7. The number of para-hydroxylation sites is 1. The smallest absolute Gasteiger partial charge is 0.180 e. The first-order chi connectivity index (χ1) is 9.65. The number of likely N-dealkylation sites (tertiary alicyclic amines) is 1. The molecular formula is C16H23NO3. The summed E-state index contributed by atoms with van der Waals surface area (Å²) >= 11 is 0. The summed E-state index contributed by atoms with van der Waals surface area (Å²) in [6.45, 7) is 4.39. The Bertz CT molecular complexity index is 461. The fraction of sp³-hybridized carbons (Fsp3) is 0.562. The Morgan fingerprint density at radius 2 is 2.10 bits per heavy atom. The van der Waals surface area contributed by atoms with Crippen LogP contribution in [0.15, 0.2) is 24.3 Å². The van der Waals surface area contributed by atoms with E-state index in [1.807, 2.05) is 24.3 Å². The van der Waals surface area contributed by atoms with Gasteiger partial charge in [0.1, 0.15) is 5.75 Å². The Hall–Kier alpha value is -1.39. The molecule has 0 amide bonds. The van der Waals surface area contributed by atoms with Crippen LogP contribution < -0.4 is 4.74 Å². The van der Waals surface area contributed by atoms with Crippen molar-refractivity contribution in [2.45, 2.75) is 19.4 Å². The maximum Gasteiger partial charge on any atom is 0.180 e. The second kappa shape index (κ2) is 6.86. The molecular weight excluding hydrogens is 254 g/mol. The van der Waals surface area contributed by atoms with Gasteiger partial charge >= 0.3 is 0 Å². The number of carbonyl (C=O) groups is 1. The van der Waals surface area contributed by atoms with Crippen LogP contribution in [0.1, 0.15) is 23.7 Å². The van der Waals surface area contributed by atoms with Crippen molar-refractivity contribution in [3.63, 3.8) is 0 Å². The average Bonchev–Trinajstić information content (AvgIpc) is 2.49. The molecule has 1 aromatic rings. The molecule has 0 bridgehead atoms. The lowest BCUT2D eigenvalue weighted by atomic mass is 9.95. The van der Waals surface area contributed by atoms with E-state index in [-0.39, 0.29) is 11.9 Å². The van der Waals surface area contributed by atoms with Crippen molar-refractivity contribution in [3.8, 4) is 5.75 Å². The molecule has 0 N–H and O–H groups in total. The SMILES string of the molecule is COc1ccccc1C(=O)CN1CCC(C)C(OC)C1. The van der Waals surface area contributed by atoms with Crippen LogP contribution >= 0.6 is 0 Å². The lowest BCUT2D eigenvalue weighted by Gasteiger charge is -2.35. The largest absolute Gasteiger partial charge is 0.496 e. The molecule has 0 spiro atoms. The number of ether oxygens (including phenoxy) is 2. The van der Waals surface area contributed by atoms with Crippen LogP contribution in [0.5, 0.6) is 5.75 Å². The summed E-state index contributed by atoms with van der Waals surface area (Å²) in [7, 11) is 3.34. The number of hydrogen-bond acceptors (Lipinski definition) is 4. The molecule has 0 aromatic heterocycles. The number of methoxy groups -OCH3 is 2. The number of Topliss-reactive ketones (excluding diaryl/α,β-unsaturated/α-hetero) is 1. The van der Waals surface area contributed by atoms with E-state index < -0.39 is 0 Å². The number of piperidine rings is 1. The summed E-state index contributed by atoms with van der Waals surface area (Å²) in [6, 6.07) is 7.39. The second-order valence-corrected chi connectivity index (χ2v) is 5.40. The van der Waals surface area contributed by atoms with Gasteiger partial charge in [-0.3, -0.25) is 9.69 Å². The molecule has 1 aliphatic heterocycles. The van der Waals surface area contributed by atoms with Crippen LogP contribution in [0.2, 0.25) is 0 Å². The van der Waals surface area contributed by atoms with E-state index in [0.29, 0.717) is 23.8 Å². The van der Waals surface area contributed by atoms with Gasteiger partial charge < -0.3 is 9.47 Å². The predicted octanol–water partition coefficient (Wildman–Crippen LogP) is 2.23. The third kappa shape index (κ3) is 3.38. The van der Waals surface area contributed by atoms with Gasteiger partial charge in [-0.1, -0.05) is 19.1 Å². The number of rotatable bonds is 5. The van der Waals surface area contributed by atoms with Gasteiger partial charge in [0, 0.05) is 13.7 Å². The molecule has 1 aliphatic rings. The minimum Gasteiger partial charge on any atom is -0.496 e. The predicted molar refractivity (Wildman–Crippen MR) is 78.3 cm³/mol. The lowest BCUT2D eigenvalue weighted by Crippen LogP contribution is -2.45. The Labute approximate surface area is 120 Å². The molecule has 110 valence electrons. The van der Waals surface area contributed by atoms with E-state index in [1.165, 1.54) is 0 Å². The zero-order chi connectivity index (χ0) is 14.5. The summed E-state index contributed by atoms with van der Waals surface area (Å²) in [5.41, 5.74) is 0.655. The quantitative estimate of drug-likeness (QED) is 0.774. The number of nitrogens with zero attached hydrogens (tertiary/aromatic N) is 1. The van der Waals surface area contributed by atoms with E-state index in [4.69, 9.17) is 9.47 Å². The van der Waals surface area contributed by atoms with Crippen LogP contribution in [0.25, 0.3) is 0 Å². The fourth-order valence-corrected chi connectivity index (χ4v) is 2.71. The fourth-order valence-electron chi connectivity index (χ4n) is 2.71. The highest BCUT2D eigenvalue weighted by molar-refractivity contribution is 6.00. The van der Waals surface area contributed by atoms with Gasteiger partial charge in [-0.2, -0.15) is 0 Å². The van der Waals surface area contributed by atoms with Crippen LogP contribution in [0, 0.1) is 5.92 Å². The first kappa shape index (κ1) is 15.0. The number of carbonyl (C=O) groups excluding carboxylic acids is 1. The Morgan fingerprint density at radius 3 is 2.80 bits per heavy atom. The van der Waals surface area contributed by atoms with Crippen molar-refractivity contribution in [1.29, 1.82) is 0 Å². The highest BCUT2D eigenvalue weighted by Gasteiger charge is 2.27.